The number of aromatic nitrogens is 1. The number of pyridine rings is 1. The van der Waals surface area contributed by atoms with Crippen LogP contribution >= 0.6 is 0 Å². The third-order valence-electron chi connectivity index (χ3n) is 3.60. The summed E-state index contributed by atoms with van der Waals surface area (Å²) in [5, 5.41) is 9.03. The van der Waals surface area contributed by atoms with E-state index in [-0.39, 0.29) is 17.7 Å². The fourth-order valence-corrected chi connectivity index (χ4v) is 4.20. The topological polar surface area (TPSA) is 70.5 Å². The second-order valence-electron chi connectivity index (χ2n) is 4.81. The summed E-state index contributed by atoms with van der Waals surface area (Å²) in [6.07, 6.45) is 5.46. The van der Waals surface area contributed by atoms with Crippen LogP contribution in [0.25, 0.3) is 0 Å². The summed E-state index contributed by atoms with van der Waals surface area (Å²) >= 11 is 0. The van der Waals surface area contributed by atoms with Gasteiger partial charge in [0, 0.05) is 18.8 Å². The first-order chi connectivity index (χ1) is 9.09. The monoisotopic (exact) mass is 284 g/mol. The van der Waals surface area contributed by atoms with Gasteiger partial charge < -0.3 is 5.11 Å². The van der Waals surface area contributed by atoms with Crippen LogP contribution in [0.5, 0.6) is 0 Å². The van der Waals surface area contributed by atoms with Crippen LogP contribution in [0, 0.1) is 0 Å². The average Bonchev–Trinajstić information content (AvgIpc) is 2.93. The first kappa shape index (κ1) is 14.4. The second-order valence-corrected chi connectivity index (χ2v) is 6.65. The van der Waals surface area contributed by atoms with Gasteiger partial charge in [0.05, 0.1) is 6.61 Å². The van der Waals surface area contributed by atoms with Gasteiger partial charge in [-0.05, 0) is 24.5 Å². The van der Waals surface area contributed by atoms with Gasteiger partial charge in [0.2, 0.25) is 0 Å². The number of rotatable bonds is 5. The van der Waals surface area contributed by atoms with Gasteiger partial charge in [0.15, 0.2) is 5.03 Å². The first-order valence-corrected chi connectivity index (χ1v) is 8.11. The van der Waals surface area contributed by atoms with Gasteiger partial charge in [-0.1, -0.05) is 25.8 Å². The van der Waals surface area contributed by atoms with Crippen LogP contribution in [0.3, 0.4) is 0 Å². The van der Waals surface area contributed by atoms with Crippen LogP contribution in [0.2, 0.25) is 0 Å². The average molecular weight is 284 g/mol. The van der Waals surface area contributed by atoms with Crippen molar-refractivity contribution in [1.29, 1.82) is 0 Å². The van der Waals surface area contributed by atoms with E-state index < -0.39 is 10.0 Å². The number of sulfonamides is 1. The Labute approximate surface area is 114 Å². The van der Waals surface area contributed by atoms with E-state index in [0.29, 0.717) is 12.1 Å². The summed E-state index contributed by atoms with van der Waals surface area (Å²) in [5.74, 6) is 0. The van der Waals surface area contributed by atoms with Crippen molar-refractivity contribution < 1.29 is 13.5 Å². The van der Waals surface area contributed by atoms with Gasteiger partial charge in [-0.15, -0.1) is 0 Å². The molecule has 1 N–H and O–H groups in total. The van der Waals surface area contributed by atoms with Gasteiger partial charge in [-0.3, -0.25) is 0 Å². The predicted octanol–water partition coefficient (Wildman–Crippen LogP) is 1.53. The lowest BCUT2D eigenvalue weighted by Gasteiger charge is -2.26. The summed E-state index contributed by atoms with van der Waals surface area (Å²) < 4.78 is 26.7. The zero-order valence-corrected chi connectivity index (χ0v) is 11.9. The Balaban J connectivity index is 2.27. The van der Waals surface area contributed by atoms with Crippen molar-refractivity contribution in [3.05, 3.63) is 23.9 Å². The Hall–Kier alpha value is -0.980. The van der Waals surface area contributed by atoms with E-state index in [4.69, 9.17) is 5.11 Å². The van der Waals surface area contributed by atoms with Crippen molar-refractivity contribution in [1.82, 2.24) is 9.29 Å². The lowest BCUT2D eigenvalue weighted by Crippen LogP contribution is -2.38. The normalized spacial score (nSPS) is 17.2. The van der Waals surface area contributed by atoms with Gasteiger partial charge in [-0.25, -0.2) is 13.4 Å². The largest absolute Gasteiger partial charge is 0.392 e. The molecule has 0 atom stereocenters. The molecule has 0 aliphatic heterocycles. The van der Waals surface area contributed by atoms with Crippen LogP contribution < -0.4 is 0 Å². The quantitative estimate of drug-likeness (QED) is 0.890. The molecule has 6 heteroatoms. The molecule has 0 unspecified atom stereocenters. The van der Waals surface area contributed by atoms with E-state index in [1.54, 1.807) is 10.4 Å². The van der Waals surface area contributed by atoms with E-state index in [0.717, 1.165) is 25.7 Å². The minimum atomic E-state index is -3.52. The van der Waals surface area contributed by atoms with Crippen molar-refractivity contribution in [3.8, 4) is 0 Å². The van der Waals surface area contributed by atoms with E-state index in [9.17, 15) is 8.42 Å². The summed E-state index contributed by atoms with van der Waals surface area (Å²) in [5.41, 5.74) is 0.614. The number of hydrogen-bond donors (Lipinski definition) is 1. The van der Waals surface area contributed by atoms with Crippen molar-refractivity contribution in [2.24, 2.45) is 0 Å². The number of hydrogen-bond acceptors (Lipinski definition) is 4. The highest BCUT2D eigenvalue weighted by molar-refractivity contribution is 7.89. The zero-order chi connectivity index (χ0) is 13.9. The Kier molecular flexibility index (Phi) is 4.54. The molecule has 2 rings (SSSR count). The zero-order valence-electron chi connectivity index (χ0n) is 11.1. The molecule has 5 nitrogen and oxygen atoms in total. The van der Waals surface area contributed by atoms with Crippen LogP contribution in [-0.4, -0.2) is 35.4 Å². The molecule has 0 bridgehead atoms. The van der Waals surface area contributed by atoms with Gasteiger partial charge in [0.1, 0.15) is 0 Å². The summed E-state index contributed by atoms with van der Waals surface area (Å²) in [7, 11) is -3.52. The molecule has 1 aromatic heterocycles. The molecular weight excluding hydrogens is 264 g/mol. The second kappa shape index (κ2) is 5.98. The van der Waals surface area contributed by atoms with Crippen molar-refractivity contribution in [2.75, 3.05) is 6.54 Å². The van der Waals surface area contributed by atoms with Crippen LogP contribution in [-0.2, 0) is 16.6 Å². The maximum absolute atomic E-state index is 12.6. The molecule has 1 saturated carbocycles. The van der Waals surface area contributed by atoms with E-state index >= 15 is 0 Å². The molecule has 0 aromatic carbocycles. The van der Waals surface area contributed by atoms with Gasteiger partial charge in [0.25, 0.3) is 10.0 Å². The highest BCUT2D eigenvalue weighted by Crippen LogP contribution is 2.27. The molecule has 1 aliphatic rings. The van der Waals surface area contributed by atoms with Gasteiger partial charge >= 0.3 is 0 Å². The van der Waals surface area contributed by atoms with Gasteiger partial charge in [-0.2, -0.15) is 4.31 Å². The van der Waals surface area contributed by atoms with Crippen molar-refractivity contribution in [3.63, 3.8) is 0 Å². The molecule has 106 valence electrons. The maximum Gasteiger partial charge on any atom is 0.260 e. The van der Waals surface area contributed by atoms with E-state index in [1.165, 1.54) is 12.3 Å². The van der Waals surface area contributed by atoms with Crippen LogP contribution in [0.1, 0.15) is 38.2 Å². The maximum atomic E-state index is 12.6. The number of nitrogens with zero attached hydrogens (tertiary/aromatic N) is 2. The summed E-state index contributed by atoms with van der Waals surface area (Å²) in [6.45, 7) is 2.20. The standard InChI is InChI=1S/C13H20N2O3S/c1-2-15(12-5-3-4-6-12)19(17,18)13-8-7-11(10-16)9-14-13/h7-9,12,16H,2-6,10H2,1H3. The minimum Gasteiger partial charge on any atom is -0.392 e. The highest BCUT2D eigenvalue weighted by Gasteiger charge is 2.32. The predicted molar refractivity (Wildman–Crippen MR) is 72.0 cm³/mol. The van der Waals surface area contributed by atoms with E-state index in [2.05, 4.69) is 4.98 Å². The Morgan fingerprint density at radius 2 is 2.05 bits per heavy atom. The molecule has 1 aromatic rings. The highest BCUT2D eigenvalue weighted by atomic mass is 32.2. The molecule has 0 radical (unpaired) electrons. The number of aliphatic hydroxyl groups is 1. The third-order valence-corrected chi connectivity index (χ3v) is 5.54. The van der Waals surface area contributed by atoms with Crippen LogP contribution in [0.4, 0.5) is 0 Å². The van der Waals surface area contributed by atoms with Crippen molar-refractivity contribution in [2.45, 2.75) is 50.3 Å². The molecule has 1 heterocycles. The fourth-order valence-electron chi connectivity index (χ4n) is 2.59. The molecule has 0 saturated heterocycles. The van der Waals surface area contributed by atoms with E-state index in [1.807, 2.05) is 6.92 Å². The molecule has 19 heavy (non-hydrogen) atoms. The number of aliphatic hydroxyl groups excluding tert-OH is 1. The van der Waals surface area contributed by atoms with Crippen molar-refractivity contribution >= 4 is 10.0 Å². The third kappa shape index (κ3) is 2.96. The SMILES string of the molecule is CCN(C1CCCC1)S(=O)(=O)c1ccc(CO)cn1. The summed E-state index contributed by atoms with van der Waals surface area (Å²) in [6, 6.07) is 3.18. The smallest absolute Gasteiger partial charge is 0.260 e. The lowest BCUT2D eigenvalue weighted by atomic mass is 10.2. The fraction of sp³-hybridized carbons (Fsp3) is 0.615. The van der Waals surface area contributed by atoms with Crippen LogP contribution in [0.15, 0.2) is 23.4 Å². The molecule has 0 amide bonds. The first-order valence-electron chi connectivity index (χ1n) is 6.67. The molecule has 0 spiro atoms. The Morgan fingerprint density at radius 1 is 1.37 bits per heavy atom. The molecule has 1 fully saturated rings. The minimum absolute atomic E-state index is 0.0680. The summed E-state index contributed by atoms with van der Waals surface area (Å²) in [4.78, 5) is 3.97. The molecular formula is C13H20N2O3S. The Bertz CT molecular complexity index is 507. The Morgan fingerprint density at radius 3 is 2.53 bits per heavy atom. The lowest BCUT2D eigenvalue weighted by molar-refractivity contribution is 0.281. The molecule has 1 aliphatic carbocycles.